The van der Waals surface area contributed by atoms with Crippen LogP contribution in [0.1, 0.15) is 31.2 Å². The van der Waals surface area contributed by atoms with Gasteiger partial charge in [-0.25, -0.2) is 0 Å². The summed E-state index contributed by atoms with van der Waals surface area (Å²) in [7, 11) is 6.39. The van der Waals surface area contributed by atoms with Crippen molar-refractivity contribution < 1.29 is 4.79 Å². The standard InChI is InChI=1S/C19H28N2O/c1-20(2)17-10-15-12-18(13-16(15)11-17)21(3)19(22)9-14-7-5-4-6-8-14/h4-8,15-18H,9-13H2,1-3H3/t15-,16+,17?,18?. The summed E-state index contributed by atoms with van der Waals surface area (Å²) in [5.41, 5.74) is 1.12. The molecule has 22 heavy (non-hydrogen) atoms. The normalized spacial score (nSPS) is 30.5. The molecule has 2 unspecified atom stereocenters. The third-order valence-corrected chi connectivity index (χ3v) is 5.84. The van der Waals surface area contributed by atoms with Crippen LogP contribution in [-0.2, 0) is 11.2 Å². The Morgan fingerprint density at radius 2 is 1.50 bits per heavy atom. The highest BCUT2D eigenvalue weighted by molar-refractivity contribution is 5.78. The fourth-order valence-electron chi connectivity index (χ4n) is 4.39. The van der Waals surface area contributed by atoms with Gasteiger partial charge in [-0.15, -0.1) is 0 Å². The third kappa shape index (κ3) is 3.19. The molecule has 0 saturated heterocycles. The number of hydrogen-bond acceptors (Lipinski definition) is 2. The maximum absolute atomic E-state index is 12.5. The largest absolute Gasteiger partial charge is 0.342 e. The SMILES string of the molecule is CN(C)C1C[C@@H]2CC(N(C)C(=O)Cc3ccccc3)C[C@@H]2C1. The van der Waals surface area contributed by atoms with Crippen molar-refractivity contribution in [3.63, 3.8) is 0 Å². The molecule has 0 radical (unpaired) electrons. The predicted molar refractivity (Wildman–Crippen MR) is 89.6 cm³/mol. The van der Waals surface area contributed by atoms with Gasteiger partial charge in [0.2, 0.25) is 5.91 Å². The minimum atomic E-state index is 0.264. The average Bonchev–Trinajstić information content (AvgIpc) is 3.06. The van der Waals surface area contributed by atoms with E-state index in [-0.39, 0.29) is 5.91 Å². The molecule has 1 aromatic carbocycles. The lowest BCUT2D eigenvalue weighted by atomic mass is 10.0. The van der Waals surface area contributed by atoms with E-state index in [0.717, 1.165) is 23.4 Å². The Kier molecular flexibility index (Phi) is 4.53. The molecule has 3 heteroatoms. The molecule has 0 spiro atoms. The smallest absolute Gasteiger partial charge is 0.226 e. The molecule has 120 valence electrons. The van der Waals surface area contributed by atoms with E-state index >= 15 is 0 Å². The van der Waals surface area contributed by atoms with Crippen molar-refractivity contribution in [2.75, 3.05) is 21.1 Å². The third-order valence-electron chi connectivity index (χ3n) is 5.84. The van der Waals surface area contributed by atoms with Gasteiger partial charge in [0.15, 0.2) is 0 Å². The Morgan fingerprint density at radius 3 is 2.05 bits per heavy atom. The van der Waals surface area contributed by atoms with Crippen LogP contribution in [0.3, 0.4) is 0 Å². The summed E-state index contributed by atoms with van der Waals surface area (Å²) < 4.78 is 0. The number of benzene rings is 1. The first-order chi connectivity index (χ1) is 10.5. The second-order valence-corrected chi connectivity index (χ2v) is 7.40. The highest BCUT2D eigenvalue weighted by Crippen LogP contribution is 2.46. The number of rotatable bonds is 4. The van der Waals surface area contributed by atoms with E-state index in [4.69, 9.17) is 0 Å². The molecule has 2 aliphatic carbocycles. The summed E-state index contributed by atoms with van der Waals surface area (Å²) in [4.78, 5) is 16.9. The molecule has 2 saturated carbocycles. The Labute approximate surface area is 134 Å². The quantitative estimate of drug-likeness (QED) is 0.853. The first-order valence-electron chi connectivity index (χ1n) is 8.50. The van der Waals surface area contributed by atoms with E-state index < -0.39 is 0 Å². The van der Waals surface area contributed by atoms with Gasteiger partial charge in [0.1, 0.15) is 0 Å². The zero-order valence-electron chi connectivity index (χ0n) is 14.0. The average molecular weight is 300 g/mol. The Balaban J connectivity index is 1.54. The van der Waals surface area contributed by atoms with Crippen LogP contribution in [-0.4, -0.2) is 48.9 Å². The fourth-order valence-corrected chi connectivity index (χ4v) is 4.39. The summed E-state index contributed by atoms with van der Waals surface area (Å²) in [6.07, 6.45) is 5.56. The Morgan fingerprint density at radius 1 is 0.955 bits per heavy atom. The van der Waals surface area contributed by atoms with Crippen LogP contribution >= 0.6 is 0 Å². The predicted octanol–water partition coefficient (Wildman–Crippen LogP) is 2.81. The monoisotopic (exact) mass is 300 g/mol. The van der Waals surface area contributed by atoms with Crippen molar-refractivity contribution in [2.45, 2.75) is 44.2 Å². The molecule has 0 N–H and O–H groups in total. The zero-order chi connectivity index (χ0) is 15.7. The molecule has 0 bridgehead atoms. The summed E-state index contributed by atoms with van der Waals surface area (Å²) in [5.74, 6) is 1.91. The van der Waals surface area contributed by atoms with E-state index in [9.17, 15) is 4.79 Å². The molecule has 1 amide bonds. The minimum Gasteiger partial charge on any atom is -0.342 e. The van der Waals surface area contributed by atoms with E-state index in [1.807, 2.05) is 42.3 Å². The van der Waals surface area contributed by atoms with E-state index in [1.165, 1.54) is 25.7 Å². The van der Waals surface area contributed by atoms with Crippen LogP contribution in [0.2, 0.25) is 0 Å². The first kappa shape index (κ1) is 15.5. The van der Waals surface area contributed by atoms with Gasteiger partial charge < -0.3 is 9.80 Å². The number of carbonyl (C=O) groups is 1. The number of amides is 1. The van der Waals surface area contributed by atoms with Crippen molar-refractivity contribution in [1.29, 1.82) is 0 Å². The molecule has 1 aromatic rings. The zero-order valence-corrected chi connectivity index (χ0v) is 14.0. The van der Waals surface area contributed by atoms with E-state index in [0.29, 0.717) is 12.5 Å². The lowest BCUT2D eigenvalue weighted by molar-refractivity contribution is -0.131. The highest BCUT2D eigenvalue weighted by atomic mass is 16.2. The van der Waals surface area contributed by atoms with Crippen molar-refractivity contribution in [2.24, 2.45) is 11.8 Å². The van der Waals surface area contributed by atoms with Crippen LogP contribution in [0.4, 0.5) is 0 Å². The van der Waals surface area contributed by atoms with Crippen LogP contribution in [0.5, 0.6) is 0 Å². The van der Waals surface area contributed by atoms with Crippen molar-refractivity contribution in [3.8, 4) is 0 Å². The van der Waals surface area contributed by atoms with Gasteiger partial charge in [0.25, 0.3) is 0 Å². The van der Waals surface area contributed by atoms with Gasteiger partial charge in [0.05, 0.1) is 6.42 Å². The van der Waals surface area contributed by atoms with E-state index in [1.54, 1.807) is 0 Å². The molecule has 3 rings (SSSR count). The number of fused-ring (bicyclic) bond motifs is 1. The maximum Gasteiger partial charge on any atom is 0.226 e. The Bertz CT molecular complexity index is 499. The number of nitrogens with zero attached hydrogens (tertiary/aromatic N) is 2. The second kappa shape index (κ2) is 6.41. The highest BCUT2D eigenvalue weighted by Gasteiger charge is 2.43. The first-order valence-corrected chi connectivity index (χ1v) is 8.50. The van der Waals surface area contributed by atoms with E-state index in [2.05, 4.69) is 19.0 Å². The molecule has 0 heterocycles. The number of hydrogen-bond donors (Lipinski definition) is 0. The molecule has 0 aromatic heterocycles. The van der Waals surface area contributed by atoms with Crippen molar-refractivity contribution in [1.82, 2.24) is 9.80 Å². The lowest BCUT2D eigenvalue weighted by Gasteiger charge is -2.27. The lowest BCUT2D eigenvalue weighted by Crippen LogP contribution is -2.37. The molecule has 2 fully saturated rings. The van der Waals surface area contributed by atoms with Gasteiger partial charge in [-0.3, -0.25) is 4.79 Å². The molecule has 0 aliphatic heterocycles. The molecular weight excluding hydrogens is 272 g/mol. The van der Waals surface area contributed by atoms with Gasteiger partial charge in [-0.1, -0.05) is 30.3 Å². The van der Waals surface area contributed by atoms with Crippen molar-refractivity contribution in [3.05, 3.63) is 35.9 Å². The summed E-state index contributed by atoms with van der Waals surface area (Å²) in [5, 5.41) is 0. The van der Waals surface area contributed by atoms with Crippen LogP contribution < -0.4 is 0 Å². The van der Waals surface area contributed by atoms with Crippen LogP contribution in [0, 0.1) is 11.8 Å². The topological polar surface area (TPSA) is 23.6 Å². The summed E-state index contributed by atoms with van der Waals surface area (Å²) in [6.45, 7) is 0. The van der Waals surface area contributed by atoms with Crippen molar-refractivity contribution >= 4 is 5.91 Å². The molecular formula is C19H28N2O. The molecule has 3 nitrogen and oxygen atoms in total. The Hall–Kier alpha value is -1.35. The van der Waals surface area contributed by atoms with Gasteiger partial charge in [0, 0.05) is 19.1 Å². The van der Waals surface area contributed by atoms with Gasteiger partial charge in [-0.2, -0.15) is 0 Å². The van der Waals surface area contributed by atoms with Crippen LogP contribution in [0.25, 0.3) is 0 Å². The van der Waals surface area contributed by atoms with Gasteiger partial charge >= 0.3 is 0 Å². The van der Waals surface area contributed by atoms with Gasteiger partial charge in [-0.05, 0) is 57.2 Å². The minimum absolute atomic E-state index is 0.264. The van der Waals surface area contributed by atoms with Crippen LogP contribution in [0.15, 0.2) is 30.3 Å². The summed E-state index contributed by atoms with van der Waals surface area (Å²) in [6, 6.07) is 11.3. The number of likely N-dealkylation sites (N-methyl/N-ethyl adjacent to an activating group) is 1. The fraction of sp³-hybridized carbons (Fsp3) is 0.632. The molecule has 4 atom stereocenters. The number of carbonyl (C=O) groups excluding carboxylic acids is 1. The molecule has 2 aliphatic rings. The maximum atomic E-state index is 12.5. The second-order valence-electron chi connectivity index (χ2n) is 7.40. The summed E-state index contributed by atoms with van der Waals surface area (Å²) >= 11 is 0.